The molecule has 0 amide bonds. The molecule has 0 bridgehead atoms. The van der Waals surface area contributed by atoms with Gasteiger partial charge in [0.2, 0.25) is 0 Å². The van der Waals surface area contributed by atoms with E-state index in [1.807, 2.05) is 0 Å². The van der Waals surface area contributed by atoms with Crippen molar-refractivity contribution in [2.45, 2.75) is 45.1 Å². The number of rotatable bonds is 1. The Kier molecular flexibility index (Phi) is 3.75. The van der Waals surface area contributed by atoms with Crippen molar-refractivity contribution in [3.8, 4) is 11.8 Å². The van der Waals surface area contributed by atoms with Crippen molar-refractivity contribution in [1.82, 2.24) is 10.6 Å². The lowest BCUT2D eigenvalue weighted by molar-refractivity contribution is 0.127. The second-order valence-electron chi connectivity index (χ2n) is 6.70. The van der Waals surface area contributed by atoms with E-state index in [1.54, 1.807) is 0 Å². The van der Waals surface area contributed by atoms with Crippen LogP contribution in [0.3, 0.4) is 0 Å². The second kappa shape index (κ2) is 5.39. The molecule has 0 aromatic rings. The molecule has 2 fully saturated rings. The highest BCUT2D eigenvalue weighted by Crippen LogP contribution is 2.46. The highest BCUT2D eigenvalue weighted by molar-refractivity contribution is 5.39. The van der Waals surface area contributed by atoms with Crippen LogP contribution in [0.1, 0.15) is 39.5 Å². The molecule has 2 saturated heterocycles. The van der Waals surface area contributed by atoms with Crippen LogP contribution >= 0.6 is 0 Å². The van der Waals surface area contributed by atoms with Crippen LogP contribution < -0.4 is 10.6 Å². The zero-order valence-corrected chi connectivity index (χ0v) is 12.8. The van der Waals surface area contributed by atoms with Gasteiger partial charge in [-0.15, -0.1) is 0 Å². The molecule has 108 valence electrons. The summed E-state index contributed by atoms with van der Waals surface area (Å²) in [5, 5.41) is 7.41. The van der Waals surface area contributed by atoms with E-state index in [-0.39, 0.29) is 11.0 Å². The van der Waals surface area contributed by atoms with Gasteiger partial charge in [0, 0.05) is 24.4 Å². The number of fused-ring (bicyclic) bond motifs is 2. The Balaban J connectivity index is 2.04. The summed E-state index contributed by atoms with van der Waals surface area (Å²) < 4.78 is 0. The highest BCUT2D eigenvalue weighted by atomic mass is 15.0. The van der Waals surface area contributed by atoms with Crippen LogP contribution in [-0.2, 0) is 0 Å². The van der Waals surface area contributed by atoms with Crippen LogP contribution in [0.5, 0.6) is 0 Å². The fraction of sp³-hybridized carbons (Fsp3) is 0.667. The molecule has 1 spiro atoms. The molecule has 2 atom stereocenters. The fourth-order valence-corrected chi connectivity index (χ4v) is 3.84. The van der Waals surface area contributed by atoms with Crippen molar-refractivity contribution >= 4 is 0 Å². The Morgan fingerprint density at radius 3 is 2.90 bits per heavy atom. The summed E-state index contributed by atoms with van der Waals surface area (Å²) >= 11 is 0. The van der Waals surface area contributed by atoms with E-state index in [1.165, 1.54) is 24.8 Å². The molecular formula is C18H26N2. The monoisotopic (exact) mass is 270 g/mol. The lowest BCUT2D eigenvalue weighted by Crippen LogP contribution is -2.62. The van der Waals surface area contributed by atoms with Crippen molar-refractivity contribution in [3.63, 3.8) is 0 Å². The van der Waals surface area contributed by atoms with E-state index in [4.69, 9.17) is 0 Å². The van der Waals surface area contributed by atoms with Gasteiger partial charge in [-0.1, -0.05) is 43.9 Å². The van der Waals surface area contributed by atoms with Gasteiger partial charge in [0.05, 0.1) is 0 Å². The first-order valence-corrected chi connectivity index (χ1v) is 8.02. The first kappa shape index (κ1) is 13.9. The SMILES string of the molecule is CCC1(C)CNC2(CCNCC2)/C2=C/C=C\CC#CC21. The lowest BCUT2D eigenvalue weighted by atomic mass is 9.61. The molecule has 3 aliphatic rings. The van der Waals surface area contributed by atoms with E-state index in [2.05, 4.69) is 54.5 Å². The standard InChI is InChI=1S/C18H26N2/c1-3-17(2)14-20-18(10-12-19-13-11-18)16-9-7-5-4-6-8-15(16)17/h5,7,9,15,19-20H,3-4,10-14H2,1-2H3/b7-5-,16-9+. The Morgan fingerprint density at radius 2 is 2.15 bits per heavy atom. The van der Waals surface area contributed by atoms with Gasteiger partial charge in [-0.25, -0.2) is 0 Å². The van der Waals surface area contributed by atoms with Crippen molar-refractivity contribution < 1.29 is 0 Å². The van der Waals surface area contributed by atoms with Crippen molar-refractivity contribution in [1.29, 1.82) is 0 Å². The summed E-state index contributed by atoms with van der Waals surface area (Å²) in [7, 11) is 0. The molecule has 2 aliphatic heterocycles. The Morgan fingerprint density at radius 1 is 1.35 bits per heavy atom. The summed E-state index contributed by atoms with van der Waals surface area (Å²) in [6.07, 6.45) is 11.2. The predicted octanol–water partition coefficient (Wildman–Crippen LogP) is 2.63. The van der Waals surface area contributed by atoms with Gasteiger partial charge in [-0.2, -0.15) is 0 Å². The van der Waals surface area contributed by atoms with Crippen LogP contribution in [0.25, 0.3) is 0 Å². The molecule has 0 aromatic heterocycles. The maximum absolute atomic E-state index is 3.91. The van der Waals surface area contributed by atoms with E-state index in [0.29, 0.717) is 5.92 Å². The molecule has 2 heteroatoms. The fourth-order valence-electron chi connectivity index (χ4n) is 3.84. The smallest absolute Gasteiger partial charge is 0.0498 e. The zero-order valence-electron chi connectivity index (χ0n) is 12.8. The van der Waals surface area contributed by atoms with Gasteiger partial charge >= 0.3 is 0 Å². The van der Waals surface area contributed by atoms with Crippen LogP contribution in [0.4, 0.5) is 0 Å². The third-order valence-electron chi connectivity index (χ3n) is 5.53. The van der Waals surface area contributed by atoms with Gasteiger partial charge in [0.1, 0.15) is 0 Å². The first-order valence-electron chi connectivity index (χ1n) is 8.02. The maximum atomic E-state index is 3.91. The van der Waals surface area contributed by atoms with E-state index in [9.17, 15) is 0 Å². The van der Waals surface area contributed by atoms with E-state index < -0.39 is 0 Å². The van der Waals surface area contributed by atoms with Gasteiger partial charge < -0.3 is 10.6 Å². The quantitative estimate of drug-likeness (QED) is 0.716. The highest BCUT2D eigenvalue weighted by Gasteiger charge is 2.49. The number of hydrogen-bond donors (Lipinski definition) is 2. The van der Waals surface area contributed by atoms with Crippen molar-refractivity contribution in [2.75, 3.05) is 19.6 Å². The normalized spacial score (nSPS) is 39.5. The van der Waals surface area contributed by atoms with Crippen molar-refractivity contribution in [2.24, 2.45) is 11.3 Å². The molecule has 20 heavy (non-hydrogen) atoms. The summed E-state index contributed by atoms with van der Waals surface area (Å²) in [6, 6.07) is 0. The molecule has 0 radical (unpaired) electrons. The Labute approximate surface area is 123 Å². The van der Waals surface area contributed by atoms with Crippen molar-refractivity contribution in [3.05, 3.63) is 23.8 Å². The molecule has 1 aliphatic carbocycles. The minimum atomic E-state index is 0.182. The third kappa shape index (κ3) is 2.24. The zero-order chi connectivity index (χ0) is 14.1. The molecule has 3 rings (SSSR count). The number of nitrogens with one attached hydrogen (secondary N) is 2. The van der Waals surface area contributed by atoms with Gasteiger partial charge in [0.25, 0.3) is 0 Å². The van der Waals surface area contributed by atoms with E-state index in [0.717, 1.165) is 26.1 Å². The average molecular weight is 270 g/mol. The topological polar surface area (TPSA) is 24.1 Å². The lowest BCUT2D eigenvalue weighted by Gasteiger charge is -2.53. The van der Waals surface area contributed by atoms with Crippen LogP contribution in [0.15, 0.2) is 23.8 Å². The average Bonchev–Trinajstić information content (AvgIpc) is 2.45. The van der Waals surface area contributed by atoms with Gasteiger partial charge in [-0.3, -0.25) is 0 Å². The van der Waals surface area contributed by atoms with Crippen LogP contribution in [-0.4, -0.2) is 25.2 Å². The molecule has 2 N–H and O–H groups in total. The van der Waals surface area contributed by atoms with Crippen LogP contribution in [0, 0.1) is 23.2 Å². The molecule has 2 nitrogen and oxygen atoms in total. The molecule has 2 unspecified atom stereocenters. The first-order chi connectivity index (χ1) is 9.70. The second-order valence-corrected chi connectivity index (χ2v) is 6.70. The molecule has 2 heterocycles. The molecular weight excluding hydrogens is 244 g/mol. The number of piperidine rings is 2. The number of allylic oxidation sites excluding steroid dienone is 3. The summed E-state index contributed by atoms with van der Waals surface area (Å²) in [4.78, 5) is 0. The van der Waals surface area contributed by atoms with Gasteiger partial charge in [-0.05, 0) is 43.3 Å². The maximum Gasteiger partial charge on any atom is 0.0498 e. The number of hydrogen-bond acceptors (Lipinski definition) is 2. The largest absolute Gasteiger partial charge is 0.317 e. The third-order valence-corrected chi connectivity index (χ3v) is 5.53. The minimum Gasteiger partial charge on any atom is -0.317 e. The van der Waals surface area contributed by atoms with E-state index >= 15 is 0 Å². The Hall–Kier alpha value is -1.04. The summed E-state index contributed by atoms with van der Waals surface area (Å²) in [5.41, 5.74) is 1.99. The summed E-state index contributed by atoms with van der Waals surface area (Å²) in [6.45, 7) is 8.00. The van der Waals surface area contributed by atoms with Gasteiger partial charge in [0.15, 0.2) is 0 Å². The molecule has 0 aromatic carbocycles. The Bertz CT molecular complexity index is 485. The molecule has 0 saturated carbocycles. The minimum absolute atomic E-state index is 0.182. The summed E-state index contributed by atoms with van der Waals surface area (Å²) in [5.74, 6) is 7.40. The van der Waals surface area contributed by atoms with Crippen LogP contribution in [0.2, 0.25) is 0 Å². The predicted molar refractivity (Wildman–Crippen MR) is 84.3 cm³/mol.